The smallest absolute Gasteiger partial charge is 0.205 e. The maximum Gasteiger partial charge on any atom is 0.250 e. The Morgan fingerprint density at radius 2 is 2.22 bits per heavy atom. The average Bonchev–Trinajstić information content (AvgIpc) is 1.80. The van der Waals surface area contributed by atoms with Crippen molar-refractivity contribution in [2.24, 2.45) is 0 Å². The van der Waals surface area contributed by atoms with Crippen molar-refractivity contribution >= 4 is 11.6 Å². The first-order valence-corrected chi connectivity index (χ1v) is 2.47. The molecule has 1 rings (SSSR count). The molecule has 0 aromatic carbocycles. The highest BCUT2D eigenvalue weighted by molar-refractivity contribution is 6.29. The maximum absolute atomic E-state index is 12.0. The monoisotopic (exact) mass is 148 g/mol. The number of halogens is 3. The molecule has 1 aromatic rings. The minimum absolute atomic E-state index is 0.172. The number of nitrogens with zero attached hydrogens (tertiary/aromatic N) is 1. The second-order valence-corrected chi connectivity index (χ2v) is 1.69. The Labute approximate surface area is 55.3 Å². The zero-order valence-corrected chi connectivity index (χ0v) is 4.91. The molecule has 1 aromatic heterocycles. The van der Waals surface area contributed by atoms with Crippen LogP contribution in [0.2, 0.25) is 5.15 Å². The molecule has 0 aliphatic carbocycles. The predicted molar refractivity (Wildman–Crippen MR) is 28.0 cm³/mol. The van der Waals surface area contributed by atoms with E-state index in [0.717, 1.165) is 6.07 Å². The van der Waals surface area contributed by atoms with E-state index >= 15 is 0 Å². The zero-order valence-electron chi connectivity index (χ0n) is 4.16. The van der Waals surface area contributed by atoms with Gasteiger partial charge in [0.1, 0.15) is 5.15 Å². The van der Waals surface area contributed by atoms with Crippen molar-refractivity contribution in [3.63, 3.8) is 0 Å². The second-order valence-electron chi connectivity index (χ2n) is 1.33. The molecule has 9 heavy (non-hydrogen) atoms. The molecule has 4 heteroatoms. The number of pyridine rings is 1. The lowest BCUT2D eigenvalue weighted by atomic mass is 10.5. The molecule has 0 fully saturated rings. The van der Waals surface area contributed by atoms with Crippen LogP contribution in [0.1, 0.15) is 0 Å². The van der Waals surface area contributed by atoms with Gasteiger partial charge in [-0.15, -0.1) is 0 Å². The van der Waals surface area contributed by atoms with Crippen LogP contribution < -0.4 is 0 Å². The van der Waals surface area contributed by atoms with E-state index < -0.39 is 11.8 Å². The van der Waals surface area contributed by atoms with Gasteiger partial charge < -0.3 is 0 Å². The summed E-state index contributed by atoms with van der Waals surface area (Å²) in [5, 5.41) is -0.172. The Kier molecular flexibility index (Phi) is 1.62. The molecule has 0 saturated heterocycles. The van der Waals surface area contributed by atoms with Crippen molar-refractivity contribution in [1.29, 1.82) is 0 Å². The predicted octanol–water partition coefficient (Wildman–Crippen LogP) is 1.81. The Balaban J connectivity index is 3.17. The first kappa shape index (κ1) is 6.42. The fourth-order valence-electron chi connectivity index (χ4n) is 0.354. The highest BCUT2D eigenvalue weighted by atomic mass is 35.5. The molecule has 0 atom stereocenters. The van der Waals surface area contributed by atoms with E-state index in [-0.39, 0.29) is 5.15 Å². The molecule has 0 saturated carbocycles. The lowest BCUT2D eigenvalue weighted by Crippen LogP contribution is -1.87. The summed E-state index contributed by atoms with van der Waals surface area (Å²) in [5.41, 5.74) is 0. The van der Waals surface area contributed by atoms with Gasteiger partial charge in [0.2, 0.25) is 5.95 Å². The van der Waals surface area contributed by atoms with Gasteiger partial charge >= 0.3 is 0 Å². The highest BCUT2D eigenvalue weighted by Crippen LogP contribution is 2.06. The Hall–Kier alpha value is -0.700. The number of rotatable bonds is 0. The third-order valence-corrected chi connectivity index (χ3v) is 0.905. The summed E-state index contributed by atoms with van der Waals surface area (Å²) in [6.07, 6.45) is 0. The molecule has 0 N–H and O–H groups in total. The topological polar surface area (TPSA) is 12.9 Å². The number of aromatic nitrogens is 1. The van der Waals surface area contributed by atoms with Gasteiger partial charge in [-0.3, -0.25) is 0 Å². The van der Waals surface area contributed by atoms with Crippen molar-refractivity contribution in [2.45, 2.75) is 0 Å². The molecule has 0 aliphatic heterocycles. The summed E-state index contributed by atoms with van der Waals surface area (Å²) in [6, 6.07) is 2.98. The normalized spacial score (nSPS) is 9.67. The van der Waals surface area contributed by atoms with E-state index in [0.29, 0.717) is 0 Å². The molecular weight excluding hydrogens is 148 g/mol. The van der Waals surface area contributed by atoms with E-state index in [4.69, 9.17) is 11.6 Å². The van der Waals surface area contributed by atoms with Crippen molar-refractivity contribution in [3.8, 4) is 0 Å². The molecule has 1 nitrogen and oxygen atoms in total. The minimum atomic E-state index is -1.20. The van der Waals surface area contributed by atoms with Gasteiger partial charge in [0.15, 0.2) is 5.82 Å². The quantitative estimate of drug-likeness (QED) is 0.512. The van der Waals surface area contributed by atoms with Gasteiger partial charge in [-0.05, 0) is 6.07 Å². The van der Waals surface area contributed by atoms with Crippen molar-refractivity contribution in [1.82, 2.24) is 4.98 Å². The summed E-state index contributed by atoms with van der Waals surface area (Å²) in [7, 11) is 0. The lowest BCUT2D eigenvalue weighted by Gasteiger charge is -1.88. The van der Waals surface area contributed by atoms with E-state index in [1.165, 1.54) is 0 Å². The Morgan fingerprint density at radius 1 is 1.56 bits per heavy atom. The molecule has 0 unspecified atom stereocenters. The summed E-state index contributed by atoms with van der Waals surface area (Å²) >= 11 is 5.14. The molecule has 0 bridgehead atoms. The Morgan fingerprint density at radius 3 is 2.67 bits per heavy atom. The summed E-state index contributed by atoms with van der Waals surface area (Å²) in [5.74, 6) is -2.24. The van der Waals surface area contributed by atoms with Crippen LogP contribution in [-0.2, 0) is 0 Å². The fraction of sp³-hybridized carbons (Fsp3) is 0. The molecule has 1 radical (unpaired) electrons. The molecule has 0 spiro atoms. The van der Waals surface area contributed by atoms with Crippen LogP contribution in [0, 0.1) is 17.8 Å². The van der Waals surface area contributed by atoms with Crippen LogP contribution in [-0.4, -0.2) is 4.98 Å². The average molecular weight is 149 g/mol. The van der Waals surface area contributed by atoms with Crippen molar-refractivity contribution < 1.29 is 8.78 Å². The summed E-state index contributed by atoms with van der Waals surface area (Å²) in [6.45, 7) is 0. The molecule has 0 aliphatic rings. The van der Waals surface area contributed by atoms with Crippen LogP contribution in [0.5, 0.6) is 0 Å². The van der Waals surface area contributed by atoms with E-state index in [9.17, 15) is 8.78 Å². The molecule has 47 valence electrons. The van der Waals surface area contributed by atoms with Crippen molar-refractivity contribution in [3.05, 3.63) is 29.1 Å². The summed E-state index contributed by atoms with van der Waals surface area (Å²) < 4.78 is 24.0. The van der Waals surface area contributed by atoms with Gasteiger partial charge in [0.05, 0.1) is 0 Å². The van der Waals surface area contributed by atoms with E-state index in [1.807, 2.05) is 0 Å². The molecule has 0 amide bonds. The van der Waals surface area contributed by atoms with Crippen LogP contribution in [0.4, 0.5) is 8.78 Å². The fourth-order valence-corrected chi connectivity index (χ4v) is 0.483. The first-order valence-electron chi connectivity index (χ1n) is 2.09. The van der Waals surface area contributed by atoms with Crippen LogP contribution in [0.25, 0.3) is 0 Å². The lowest BCUT2D eigenvalue weighted by molar-refractivity contribution is 0.479. The van der Waals surface area contributed by atoms with Crippen LogP contribution in [0.15, 0.2) is 6.07 Å². The third-order valence-electron chi connectivity index (χ3n) is 0.711. The van der Waals surface area contributed by atoms with Gasteiger partial charge in [-0.1, -0.05) is 11.6 Å². The van der Waals surface area contributed by atoms with Gasteiger partial charge in [0.25, 0.3) is 0 Å². The van der Waals surface area contributed by atoms with Crippen LogP contribution >= 0.6 is 11.6 Å². The molecule has 1 heterocycles. The Bertz CT molecular complexity index is 226. The van der Waals surface area contributed by atoms with E-state index in [2.05, 4.69) is 11.1 Å². The zero-order chi connectivity index (χ0) is 6.85. The van der Waals surface area contributed by atoms with Crippen LogP contribution in [0.3, 0.4) is 0 Å². The third kappa shape index (κ3) is 1.36. The maximum atomic E-state index is 12.0. The standard InChI is InChI=1S/C5HClF2N/c6-4-2-1-3(7)5(8)9-4/h1H. The minimum Gasteiger partial charge on any atom is -0.205 e. The molecular formula is C5HClF2N. The number of hydrogen-bond donors (Lipinski definition) is 0. The second kappa shape index (κ2) is 2.27. The van der Waals surface area contributed by atoms with E-state index in [1.54, 1.807) is 0 Å². The van der Waals surface area contributed by atoms with Crippen molar-refractivity contribution in [2.75, 3.05) is 0 Å². The highest BCUT2D eigenvalue weighted by Gasteiger charge is 2.01. The first-order chi connectivity index (χ1) is 4.20. The van der Waals surface area contributed by atoms with Gasteiger partial charge in [-0.25, -0.2) is 9.37 Å². The SMILES string of the molecule is Fc1c[c]c(Cl)nc1F. The largest absolute Gasteiger partial charge is 0.250 e. The van der Waals surface area contributed by atoms with Gasteiger partial charge in [-0.2, -0.15) is 4.39 Å². The number of hydrogen-bond acceptors (Lipinski definition) is 1. The van der Waals surface area contributed by atoms with Gasteiger partial charge in [0, 0.05) is 6.07 Å². The summed E-state index contributed by atoms with van der Waals surface area (Å²) in [4.78, 5) is 2.94.